The minimum absolute atomic E-state index is 0.284. The zero-order valence-corrected chi connectivity index (χ0v) is 11.1. The smallest absolute Gasteiger partial charge is 0.130 e. The Morgan fingerprint density at radius 1 is 1.11 bits per heavy atom. The molecule has 3 rings (SSSR count). The summed E-state index contributed by atoms with van der Waals surface area (Å²) in [6.07, 6.45) is 0. The van der Waals surface area contributed by atoms with Crippen LogP contribution in [0.25, 0.3) is 5.57 Å². The summed E-state index contributed by atoms with van der Waals surface area (Å²) in [7, 11) is 0. The SMILES string of the molecule is Fc1ccc2c(c1)OCc1ccccc1/C2=C\Br. The van der Waals surface area contributed by atoms with Gasteiger partial charge < -0.3 is 4.74 Å². The topological polar surface area (TPSA) is 9.23 Å². The van der Waals surface area contributed by atoms with Crippen LogP contribution in [0, 0.1) is 5.82 Å². The highest BCUT2D eigenvalue weighted by Crippen LogP contribution is 2.37. The number of halogens is 2. The molecular weight excluding hydrogens is 295 g/mol. The van der Waals surface area contributed by atoms with Gasteiger partial charge in [-0.05, 0) is 33.8 Å². The predicted molar refractivity (Wildman–Crippen MR) is 73.2 cm³/mol. The lowest BCUT2D eigenvalue weighted by Crippen LogP contribution is -1.95. The minimum Gasteiger partial charge on any atom is -0.488 e. The molecule has 0 fully saturated rings. The van der Waals surface area contributed by atoms with Gasteiger partial charge in [-0.15, -0.1) is 0 Å². The van der Waals surface area contributed by atoms with Gasteiger partial charge >= 0.3 is 0 Å². The van der Waals surface area contributed by atoms with Crippen LogP contribution in [0.4, 0.5) is 4.39 Å². The fraction of sp³-hybridized carbons (Fsp3) is 0.0667. The summed E-state index contributed by atoms with van der Waals surface area (Å²) < 4.78 is 19.0. The number of rotatable bonds is 0. The third kappa shape index (κ3) is 1.85. The van der Waals surface area contributed by atoms with Crippen LogP contribution in [-0.2, 0) is 6.61 Å². The van der Waals surface area contributed by atoms with Crippen molar-refractivity contribution in [2.75, 3.05) is 0 Å². The van der Waals surface area contributed by atoms with Gasteiger partial charge in [0.05, 0.1) is 0 Å². The summed E-state index contributed by atoms with van der Waals surface area (Å²) in [5.41, 5.74) is 4.12. The van der Waals surface area contributed by atoms with E-state index in [9.17, 15) is 4.39 Å². The van der Waals surface area contributed by atoms with Crippen LogP contribution in [0.5, 0.6) is 5.75 Å². The van der Waals surface area contributed by atoms with Crippen molar-refractivity contribution in [3.63, 3.8) is 0 Å². The quantitative estimate of drug-likeness (QED) is 0.696. The third-order valence-electron chi connectivity index (χ3n) is 3.03. The van der Waals surface area contributed by atoms with E-state index < -0.39 is 0 Å². The number of fused-ring (bicyclic) bond motifs is 2. The molecular formula is C15H10BrFO. The molecule has 0 spiro atoms. The molecule has 1 nitrogen and oxygen atoms in total. The van der Waals surface area contributed by atoms with Gasteiger partial charge in [0.25, 0.3) is 0 Å². The second-order valence-corrected chi connectivity index (χ2v) is 4.57. The van der Waals surface area contributed by atoms with E-state index in [1.165, 1.54) is 12.1 Å². The Bertz CT molecular complexity index is 634. The molecule has 0 saturated heterocycles. The molecule has 0 radical (unpaired) electrons. The molecule has 1 aliphatic heterocycles. The Kier molecular flexibility index (Phi) is 2.92. The highest BCUT2D eigenvalue weighted by atomic mass is 79.9. The number of ether oxygens (including phenoxy) is 1. The third-order valence-corrected chi connectivity index (χ3v) is 3.49. The molecule has 0 atom stereocenters. The van der Waals surface area contributed by atoms with Gasteiger partial charge in [-0.1, -0.05) is 40.2 Å². The van der Waals surface area contributed by atoms with Crippen molar-refractivity contribution in [3.05, 3.63) is 70.0 Å². The van der Waals surface area contributed by atoms with Crippen molar-refractivity contribution in [3.8, 4) is 5.75 Å². The summed E-state index contributed by atoms with van der Waals surface area (Å²) in [6, 6.07) is 12.7. The lowest BCUT2D eigenvalue weighted by molar-refractivity contribution is 0.305. The van der Waals surface area contributed by atoms with Crippen LogP contribution >= 0.6 is 15.9 Å². The van der Waals surface area contributed by atoms with Gasteiger partial charge in [0, 0.05) is 11.6 Å². The summed E-state index contributed by atoms with van der Waals surface area (Å²) in [5, 5.41) is 0. The second-order valence-electron chi connectivity index (χ2n) is 4.11. The van der Waals surface area contributed by atoms with Gasteiger partial charge in [0.15, 0.2) is 0 Å². The van der Waals surface area contributed by atoms with E-state index in [1.54, 1.807) is 6.07 Å². The van der Waals surface area contributed by atoms with E-state index in [0.29, 0.717) is 12.4 Å². The van der Waals surface area contributed by atoms with Crippen LogP contribution in [0.2, 0.25) is 0 Å². The Morgan fingerprint density at radius 3 is 2.78 bits per heavy atom. The maximum Gasteiger partial charge on any atom is 0.130 e. The van der Waals surface area contributed by atoms with Crippen LogP contribution in [-0.4, -0.2) is 0 Å². The molecule has 2 aromatic carbocycles. The average molecular weight is 305 g/mol. The molecule has 90 valence electrons. The first-order valence-electron chi connectivity index (χ1n) is 5.61. The molecule has 0 bridgehead atoms. The van der Waals surface area contributed by atoms with Gasteiger partial charge in [-0.25, -0.2) is 4.39 Å². The monoisotopic (exact) mass is 304 g/mol. The Morgan fingerprint density at radius 2 is 1.94 bits per heavy atom. The Hall–Kier alpha value is -1.61. The number of hydrogen-bond acceptors (Lipinski definition) is 1. The molecule has 3 heteroatoms. The first kappa shape index (κ1) is 11.5. The average Bonchev–Trinajstić information content (AvgIpc) is 2.55. The van der Waals surface area contributed by atoms with E-state index in [4.69, 9.17) is 4.74 Å². The van der Waals surface area contributed by atoms with E-state index >= 15 is 0 Å². The highest BCUT2D eigenvalue weighted by molar-refractivity contribution is 9.11. The standard InChI is InChI=1S/C15H10BrFO/c16-8-14-12-4-2-1-3-10(12)9-18-15-7-11(17)5-6-13(14)15/h1-8H,9H2/b14-8+. The number of hydrogen-bond donors (Lipinski definition) is 0. The largest absolute Gasteiger partial charge is 0.488 e. The fourth-order valence-electron chi connectivity index (χ4n) is 2.17. The Balaban J connectivity index is 2.25. The maximum absolute atomic E-state index is 13.3. The van der Waals surface area contributed by atoms with Gasteiger partial charge in [-0.2, -0.15) is 0 Å². The first-order valence-corrected chi connectivity index (χ1v) is 6.52. The summed E-state index contributed by atoms with van der Waals surface area (Å²) >= 11 is 3.39. The zero-order valence-electron chi connectivity index (χ0n) is 9.49. The van der Waals surface area contributed by atoms with Gasteiger partial charge in [0.1, 0.15) is 18.2 Å². The molecule has 0 aromatic heterocycles. The molecule has 2 aromatic rings. The van der Waals surface area contributed by atoms with E-state index in [-0.39, 0.29) is 5.82 Å². The van der Waals surface area contributed by atoms with Crippen molar-refractivity contribution in [2.45, 2.75) is 6.61 Å². The first-order chi connectivity index (χ1) is 8.79. The molecule has 18 heavy (non-hydrogen) atoms. The summed E-state index contributed by atoms with van der Waals surface area (Å²) in [6.45, 7) is 0.455. The zero-order chi connectivity index (χ0) is 12.5. The predicted octanol–water partition coefficient (Wildman–Crippen LogP) is 4.50. The fourth-order valence-corrected chi connectivity index (χ4v) is 2.66. The maximum atomic E-state index is 13.3. The molecule has 0 unspecified atom stereocenters. The van der Waals surface area contributed by atoms with Crippen LogP contribution in [0.15, 0.2) is 47.4 Å². The molecule has 0 N–H and O–H groups in total. The van der Waals surface area contributed by atoms with Gasteiger partial charge in [-0.3, -0.25) is 0 Å². The minimum atomic E-state index is -0.284. The van der Waals surface area contributed by atoms with Crippen LogP contribution in [0.1, 0.15) is 16.7 Å². The molecule has 1 aliphatic rings. The van der Waals surface area contributed by atoms with Crippen molar-refractivity contribution < 1.29 is 9.13 Å². The van der Waals surface area contributed by atoms with Crippen LogP contribution < -0.4 is 4.74 Å². The summed E-state index contributed by atoms with van der Waals surface area (Å²) in [4.78, 5) is 1.86. The molecule has 0 saturated carbocycles. The lowest BCUT2D eigenvalue weighted by Gasteiger charge is -2.08. The molecule has 1 heterocycles. The van der Waals surface area contributed by atoms with Crippen LogP contribution in [0.3, 0.4) is 0 Å². The summed E-state index contributed by atoms with van der Waals surface area (Å²) in [5.74, 6) is 0.297. The van der Waals surface area contributed by atoms with E-state index in [1.807, 2.05) is 29.3 Å². The highest BCUT2D eigenvalue weighted by Gasteiger charge is 2.18. The van der Waals surface area contributed by atoms with Crippen molar-refractivity contribution >= 4 is 21.5 Å². The normalized spacial score (nSPS) is 15.6. The van der Waals surface area contributed by atoms with E-state index in [2.05, 4.69) is 15.9 Å². The van der Waals surface area contributed by atoms with Crippen molar-refractivity contribution in [1.29, 1.82) is 0 Å². The van der Waals surface area contributed by atoms with Crippen molar-refractivity contribution in [1.82, 2.24) is 0 Å². The lowest BCUT2D eigenvalue weighted by atomic mass is 9.96. The molecule has 0 aliphatic carbocycles. The Labute approximate surface area is 113 Å². The van der Waals surface area contributed by atoms with Crippen molar-refractivity contribution in [2.24, 2.45) is 0 Å². The van der Waals surface area contributed by atoms with E-state index in [0.717, 1.165) is 22.3 Å². The second kappa shape index (κ2) is 4.58. The number of benzene rings is 2. The van der Waals surface area contributed by atoms with Gasteiger partial charge in [0.2, 0.25) is 0 Å². The molecule has 0 amide bonds.